The van der Waals surface area contributed by atoms with E-state index in [1.54, 1.807) is 0 Å². The average molecular weight is 302 g/mol. The molecule has 1 aliphatic rings. The first-order valence-corrected chi connectivity index (χ1v) is 6.97. The number of nitrogens with zero attached hydrogens (tertiary/aromatic N) is 1. The van der Waals surface area contributed by atoms with Gasteiger partial charge in [-0.2, -0.15) is 0 Å². The van der Waals surface area contributed by atoms with Gasteiger partial charge in [-0.25, -0.2) is 4.79 Å². The molecular formula is C15H24ClNO3. The molecule has 0 saturated carbocycles. The predicted octanol–water partition coefficient (Wildman–Crippen LogP) is 3.68. The van der Waals surface area contributed by atoms with Crippen LogP contribution in [0.15, 0.2) is 10.5 Å². The normalized spacial score (nSPS) is 16.8. The summed E-state index contributed by atoms with van der Waals surface area (Å²) in [5, 5.41) is 9.26. The van der Waals surface area contributed by atoms with Gasteiger partial charge in [-0.15, -0.1) is 12.4 Å². The fraction of sp³-hybridized carbons (Fsp3) is 0.667. The van der Waals surface area contributed by atoms with Crippen LogP contribution in [0.1, 0.15) is 61.9 Å². The first-order chi connectivity index (χ1) is 8.88. The minimum Gasteiger partial charge on any atom is -0.475 e. The Labute approximate surface area is 126 Å². The molecule has 2 heterocycles. The Balaban J connectivity index is 0.00000200. The van der Waals surface area contributed by atoms with Gasteiger partial charge in [0.25, 0.3) is 0 Å². The quantitative estimate of drug-likeness (QED) is 0.925. The highest BCUT2D eigenvalue weighted by Crippen LogP contribution is 2.28. The summed E-state index contributed by atoms with van der Waals surface area (Å²) in [5.74, 6) is -0.116. The largest absolute Gasteiger partial charge is 0.475 e. The van der Waals surface area contributed by atoms with Gasteiger partial charge >= 0.3 is 5.97 Å². The third kappa shape index (κ3) is 4.00. The molecule has 1 fully saturated rings. The van der Waals surface area contributed by atoms with Gasteiger partial charge in [0.15, 0.2) is 0 Å². The first kappa shape index (κ1) is 17.1. The predicted molar refractivity (Wildman–Crippen MR) is 80.7 cm³/mol. The van der Waals surface area contributed by atoms with Crippen LogP contribution in [0.25, 0.3) is 0 Å². The van der Waals surface area contributed by atoms with Gasteiger partial charge in [-0.1, -0.05) is 27.2 Å². The number of likely N-dealkylation sites (tertiary alicyclic amines) is 1. The molecule has 1 aliphatic heterocycles. The Morgan fingerprint density at radius 2 is 1.90 bits per heavy atom. The highest BCUT2D eigenvalue weighted by atomic mass is 35.5. The fourth-order valence-electron chi connectivity index (χ4n) is 2.46. The topological polar surface area (TPSA) is 53.7 Å². The van der Waals surface area contributed by atoms with E-state index >= 15 is 0 Å². The van der Waals surface area contributed by atoms with Gasteiger partial charge in [-0.3, -0.25) is 4.90 Å². The van der Waals surface area contributed by atoms with Crippen molar-refractivity contribution in [2.75, 3.05) is 13.1 Å². The Hall–Kier alpha value is -1.00. The summed E-state index contributed by atoms with van der Waals surface area (Å²) in [6, 6.07) is 1.91. The van der Waals surface area contributed by atoms with Crippen molar-refractivity contribution in [3.05, 3.63) is 23.2 Å². The highest BCUT2D eigenvalue weighted by Gasteiger charge is 2.25. The van der Waals surface area contributed by atoms with Gasteiger partial charge in [-0.05, 0) is 32.0 Å². The lowest BCUT2D eigenvalue weighted by atomic mass is 9.93. The molecule has 114 valence electrons. The van der Waals surface area contributed by atoms with Crippen molar-refractivity contribution < 1.29 is 14.3 Å². The number of hydrogen-bond donors (Lipinski definition) is 1. The number of halogens is 1. The number of aromatic carboxylic acids is 1. The summed E-state index contributed by atoms with van der Waals surface area (Å²) in [6.07, 6.45) is 3.68. The number of carbonyl (C=O) groups is 1. The van der Waals surface area contributed by atoms with Gasteiger partial charge in [0.2, 0.25) is 5.76 Å². The molecule has 20 heavy (non-hydrogen) atoms. The summed E-state index contributed by atoms with van der Waals surface area (Å²) < 4.78 is 5.56. The molecule has 2 rings (SSSR count). The maximum absolute atomic E-state index is 11.3. The zero-order chi connectivity index (χ0) is 14.0. The highest BCUT2D eigenvalue weighted by molar-refractivity contribution is 5.86. The van der Waals surface area contributed by atoms with Crippen LogP contribution in [-0.4, -0.2) is 29.1 Å². The van der Waals surface area contributed by atoms with E-state index in [-0.39, 0.29) is 23.6 Å². The van der Waals surface area contributed by atoms with E-state index in [4.69, 9.17) is 4.42 Å². The lowest BCUT2D eigenvalue weighted by Gasteiger charge is -2.25. The average Bonchev–Trinajstić information content (AvgIpc) is 2.74. The van der Waals surface area contributed by atoms with Crippen LogP contribution < -0.4 is 0 Å². The van der Waals surface area contributed by atoms with Crippen LogP contribution in [-0.2, 0) is 12.0 Å². The number of carboxylic acid groups (broad SMARTS) is 1. The molecule has 0 radical (unpaired) electrons. The molecule has 0 amide bonds. The molecule has 0 bridgehead atoms. The lowest BCUT2D eigenvalue weighted by Crippen LogP contribution is -2.29. The molecule has 1 N–H and O–H groups in total. The zero-order valence-corrected chi connectivity index (χ0v) is 13.3. The third-order valence-electron chi connectivity index (χ3n) is 3.59. The van der Waals surface area contributed by atoms with Crippen molar-refractivity contribution in [1.82, 2.24) is 4.90 Å². The van der Waals surface area contributed by atoms with Crippen molar-refractivity contribution in [3.63, 3.8) is 0 Å². The number of carboxylic acids is 1. The number of piperidine rings is 1. The molecule has 0 atom stereocenters. The van der Waals surface area contributed by atoms with Crippen molar-refractivity contribution in [2.24, 2.45) is 0 Å². The second-order valence-electron chi connectivity index (χ2n) is 6.36. The third-order valence-corrected chi connectivity index (χ3v) is 3.59. The summed E-state index contributed by atoms with van der Waals surface area (Å²) in [7, 11) is 0. The summed E-state index contributed by atoms with van der Waals surface area (Å²) in [5.41, 5.74) is 0.643. The molecule has 1 aromatic rings. The van der Waals surface area contributed by atoms with E-state index in [0.717, 1.165) is 24.4 Å². The molecule has 0 unspecified atom stereocenters. The summed E-state index contributed by atoms with van der Waals surface area (Å²) in [4.78, 5) is 13.6. The van der Waals surface area contributed by atoms with Crippen molar-refractivity contribution >= 4 is 18.4 Å². The van der Waals surface area contributed by atoms with Crippen LogP contribution in [0.2, 0.25) is 0 Å². The van der Waals surface area contributed by atoms with Crippen LogP contribution in [0.4, 0.5) is 0 Å². The van der Waals surface area contributed by atoms with Crippen molar-refractivity contribution in [2.45, 2.75) is 52.0 Å². The Morgan fingerprint density at radius 1 is 1.30 bits per heavy atom. The fourth-order valence-corrected chi connectivity index (χ4v) is 2.46. The second-order valence-corrected chi connectivity index (χ2v) is 6.36. The Morgan fingerprint density at radius 3 is 2.40 bits per heavy atom. The van der Waals surface area contributed by atoms with Crippen LogP contribution in [0.5, 0.6) is 0 Å². The van der Waals surface area contributed by atoms with Gasteiger partial charge in [0, 0.05) is 17.5 Å². The minimum absolute atomic E-state index is 0. The molecule has 0 spiro atoms. The van der Waals surface area contributed by atoms with Gasteiger partial charge < -0.3 is 9.52 Å². The molecular weight excluding hydrogens is 278 g/mol. The van der Waals surface area contributed by atoms with E-state index in [1.165, 1.54) is 19.3 Å². The number of rotatable bonds is 3. The monoisotopic (exact) mass is 301 g/mol. The molecule has 4 nitrogen and oxygen atoms in total. The SMILES string of the molecule is CC(C)(C)c1cc(CN2CCCCC2)c(C(=O)O)o1.Cl. The number of hydrogen-bond acceptors (Lipinski definition) is 3. The Kier molecular flexibility index (Phi) is 5.66. The second kappa shape index (κ2) is 6.64. The standard InChI is InChI=1S/C15H23NO3.ClH/c1-15(2,3)12-9-11(13(19-12)14(17)18)10-16-7-5-4-6-8-16;/h9H,4-8,10H2,1-3H3,(H,17,18);1H. The lowest BCUT2D eigenvalue weighted by molar-refractivity contribution is 0.0655. The molecule has 1 aromatic heterocycles. The van der Waals surface area contributed by atoms with E-state index in [1.807, 2.05) is 26.8 Å². The molecule has 5 heteroatoms. The van der Waals surface area contributed by atoms with E-state index in [9.17, 15) is 9.90 Å². The minimum atomic E-state index is -0.970. The van der Waals surface area contributed by atoms with Crippen molar-refractivity contribution in [3.8, 4) is 0 Å². The van der Waals surface area contributed by atoms with Gasteiger partial charge in [0.05, 0.1) is 0 Å². The maximum Gasteiger partial charge on any atom is 0.372 e. The number of furan rings is 1. The van der Waals surface area contributed by atoms with Crippen LogP contribution in [0.3, 0.4) is 0 Å². The zero-order valence-electron chi connectivity index (χ0n) is 12.4. The molecule has 0 aliphatic carbocycles. The molecule has 0 aromatic carbocycles. The first-order valence-electron chi connectivity index (χ1n) is 6.97. The van der Waals surface area contributed by atoms with Crippen LogP contribution in [0, 0.1) is 0 Å². The van der Waals surface area contributed by atoms with Crippen molar-refractivity contribution in [1.29, 1.82) is 0 Å². The molecule has 1 saturated heterocycles. The van der Waals surface area contributed by atoms with E-state index < -0.39 is 5.97 Å². The summed E-state index contributed by atoms with van der Waals surface area (Å²) >= 11 is 0. The van der Waals surface area contributed by atoms with E-state index in [2.05, 4.69) is 4.90 Å². The maximum atomic E-state index is 11.3. The smallest absolute Gasteiger partial charge is 0.372 e. The summed E-state index contributed by atoms with van der Waals surface area (Å²) in [6.45, 7) is 8.87. The Bertz CT molecular complexity index is 456. The van der Waals surface area contributed by atoms with Gasteiger partial charge in [0.1, 0.15) is 5.76 Å². The van der Waals surface area contributed by atoms with Crippen LogP contribution >= 0.6 is 12.4 Å². The van der Waals surface area contributed by atoms with E-state index in [0.29, 0.717) is 6.54 Å².